The Morgan fingerprint density at radius 3 is 2.84 bits per heavy atom. The van der Waals surface area contributed by atoms with Crippen LogP contribution in [0.4, 0.5) is 0 Å². The summed E-state index contributed by atoms with van der Waals surface area (Å²) in [5.41, 5.74) is 0.878. The van der Waals surface area contributed by atoms with Crippen molar-refractivity contribution >= 4 is 37.6 Å². The molecule has 0 N–H and O–H groups in total. The fourth-order valence-corrected chi connectivity index (χ4v) is 4.73. The third-order valence-electron chi connectivity index (χ3n) is 2.97. The molecule has 1 fully saturated rings. The number of ether oxygens (including phenoxy) is 1. The van der Waals surface area contributed by atoms with E-state index in [1.807, 2.05) is 6.92 Å². The zero-order valence-electron chi connectivity index (χ0n) is 10.5. The SMILES string of the molecule is CC1CN(S(=O)(=O)c2ccc(CCl)cc2Br)CCO1. The van der Waals surface area contributed by atoms with Gasteiger partial charge in [-0.05, 0) is 40.5 Å². The van der Waals surface area contributed by atoms with Crippen molar-refractivity contribution in [1.82, 2.24) is 4.31 Å². The van der Waals surface area contributed by atoms with Crippen LogP contribution in [0.3, 0.4) is 0 Å². The molecule has 7 heteroatoms. The first-order valence-electron chi connectivity index (χ1n) is 5.91. The van der Waals surface area contributed by atoms with Crippen molar-refractivity contribution in [2.45, 2.75) is 23.8 Å². The third kappa shape index (κ3) is 3.31. The van der Waals surface area contributed by atoms with E-state index in [4.69, 9.17) is 16.3 Å². The maximum Gasteiger partial charge on any atom is 0.244 e. The summed E-state index contributed by atoms with van der Waals surface area (Å²) in [5, 5.41) is 0. The Bertz CT molecular complexity index is 564. The highest BCUT2D eigenvalue weighted by Gasteiger charge is 2.30. The van der Waals surface area contributed by atoms with Gasteiger partial charge in [0.25, 0.3) is 0 Å². The van der Waals surface area contributed by atoms with Crippen LogP contribution < -0.4 is 0 Å². The Balaban J connectivity index is 2.33. The molecular formula is C12H15BrClNO3S. The van der Waals surface area contributed by atoms with Gasteiger partial charge in [-0.3, -0.25) is 0 Å². The summed E-state index contributed by atoms with van der Waals surface area (Å²) in [6, 6.07) is 5.07. The van der Waals surface area contributed by atoms with E-state index in [1.165, 1.54) is 4.31 Å². The van der Waals surface area contributed by atoms with E-state index < -0.39 is 10.0 Å². The van der Waals surface area contributed by atoms with Crippen LogP contribution in [0.1, 0.15) is 12.5 Å². The highest BCUT2D eigenvalue weighted by molar-refractivity contribution is 9.10. The van der Waals surface area contributed by atoms with E-state index >= 15 is 0 Å². The number of alkyl halides is 1. The third-order valence-corrected chi connectivity index (χ3v) is 6.12. The molecule has 19 heavy (non-hydrogen) atoms. The lowest BCUT2D eigenvalue weighted by Crippen LogP contribution is -2.44. The second-order valence-electron chi connectivity index (χ2n) is 4.44. The van der Waals surface area contributed by atoms with Gasteiger partial charge < -0.3 is 4.74 Å². The Kier molecular flexibility index (Phi) is 4.89. The molecular weight excluding hydrogens is 354 g/mol. The lowest BCUT2D eigenvalue weighted by atomic mass is 10.2. The molecule has 2 rings (SSSR count). The van der Waals surface area contributed by atoms with Crippen LogP contribution in [0.25, 0.3) is 0 Å². The number of benzene rings is 1. The summed E-state index contributed by atoms with van der Waals surface area (Å²) in [6.45, 7) is 3.06. The second-order valence-corrected chi connectivity index (χ2v) is 7.47. The van der Waals surface area contributed by atoms with Crippen LogP contribution in [0, 0.1) is 0 Å². The number of morpholine rings is 1. The fourth-order valence-electron chi connectivity index (χ4n) is 1.98. The van der Waals surface area contributed by atoms with E-state index in [0.717, 1.165) is 5.56 Å². The topological polar surface area (TPSA) is 46.6 Å². The zero-order valence-corrected chi connectivity index (χ0v) is 13.6. The zero-order chi connectivity index (χ0) is 14.0. The molecule has 0 saturated carbocycles. The molecule has 106 valence electrons. The molecule has 0 bridgehead atoms. The molecule has 1 aromatic carbocycles. The van der Waals surface area contributed by atoms with Crippen LogP contribution >= 0.6 is 27.5 Å². The number of nitrogens with zero attached hydrogens (tertiary/aromatic N) is 1. The molecule has 0 aliphatic carbocycles. The highest BCUT2D eigenvalue weighted by Crippen LogP contribution is 2.27. The molecule has 4 nitrogen and oxygen atoms in total. The lowest BCUT2D eigenvalue weighted by Gasteiger charge is -2.30. The monoisotopic (exact) mass is 367 g/mol. The van der Waals surface area contributed by atoms with Gasteiger partial charge in [-0.1, -0.05) is 6.07 Å². The van der Waals surface area contributed by atoms with Crippen molar-refractivity contribution in [3.8, 4) is 0 Å². The van der Waals surface area contributed by atoms with Crippen molar-refractivity contribution in [2.24, 2.45) is 0 Å². The minimum Gasteiger partial charge on any atom is -0.376 e. The quantitative estimate of drug-likeness (QED) is 0.771. The van der Waals surface area contributed by atoms with Gasteiger partial charge in [-0.25, -0.2) is 8.42 Å². The Morgan fingerprint density at radius 1 is 1.53 bits per heavy atom. The van der Waals surface area contributed by atoms with Gasteiger partial charge in [0.15, 0.2) is 0 Å². The fraction of sp³-hybridized carbons (Fsp3) is 0.500. The predicted octanol–water partition coefficient (Wildman–Crippen LogP) is 2.60. The van der Waals surface area contributed by atoms with Gasteiger partial charge in [0.05, 0.1) is 17.6 Å². The molecule has 0 spiro atoms. The van der Waals surface area contributed by atoms with E-state index in [0.29, 0.717) is 30.0 Å². The van der Waals surface area contributed by atoms with E-state index in [-0.39, 0.29) is 11.0 Å². The van der Waals surface area contributed by atoms with Gasteiger partial charge in [0.2, 0.25) is 10.0 Å². The largest absolute Gasteiger partial charge is 0.376 e. The van der Waals surface area contributed by atoms with Gasteiger partial charge in [-0.15, -0.1) is 11.6 Å². The van der Waals surface area contributed by atoms with E-state index in [2.05, 4.69) is 15.9 Å². The summed E-state index contributed by atoms with van der Waals surface area (Å²) in [6.07, 6.45) is -0.0792. The van der Waals surface area contributed by atoms with Crippen molar-refractivity contribution in [3.05, 3.63) is 28.2 Å². The van der Waals surface area contributed by atoms with Crippen molar-refractivity contribution in [1.29, 1.82) is 0 Å². The van der Waals surface area contributed by atoms with Crippen LogP contribution in [-0.2, 0) is 20.6 Å². The standard InChI is InChI=1S/C12H15BrClNO3S/c1-9-8-15(4-5-18-9)19(16,17)12-3-2-10(7-14)6-11(12)13/h2-3,6,9H,4-5,7-8H2,1H3. The van der Waals surface area contributed by atoms with Gasteiger partial charge >= 0.3 is 0 Å². The van der Waals surface area contributed by atoms with Crippen molar-refractivity contribution in [3.63, 3.8) is 0 Å². The smallest absolute Gasteiger partial charge is 0.244 e. The van der Waals surface area contributed by atoms with Gasteiger partial charge in [0.1, 0.15) is 0 Å². The first-order valence-corrected chi connectivity index (χ1v) is 8.68. The molecule has 1 aliphatic heterocycles. The summed E-state index contributed by atoms with van der Waals surface area (Å²) < 4.78 is 32.5. The molecule has 1 atom stereocenters. The Morgan fingerprint density at radius 2 is 2.26 bits per heavy atom. The Hall–Kier alpha value is -0.140. The second kappa shape index (κ2) is 6.10. The predicted molar refractivity (Wildman–Crippen MR) is 77.9 cm³/mol. The number of halogens is 2. The minimum absolute atomic E-state index is 0.0792. The summed E-state index contributed by atoms with van der Waals surface area (Å²) >= 11 is 9.05. The van der Waals surface area contributed by atoms with Crippen LogP contribution in [-0.4, -0.2) is 38.5 Å². The van der Waals surface area contributed by atoms with Gasteiger partial charge in [-0.2, -0.15) is 4.31 Å². The minimum atomic E-state index is -3.49. The number of sulfonamides is 1. The first kappa shape index (κ1) is 15.3. The average molecular weight is 369 g/mol. The molecule has 1 unspecified atom stereocenters. The van der Waals surface area contributed by atoms with Crippen LogP contribution in [0.2, 0.25) is 0 Å². The average Bonchev–Trinajstić information content (AvgIpc) is 2.38. The first-order chi connectivity index (χ1) is 8.95. The number of rotatable bonds is 3. The molecule has 1 heterocycles. The number of hydrogen-bond acceptors (Lipinski definition) is 3. The molecule has 1 aliphatic rings. The lowest BCUT2D eigenvalue weighted by molar-refractivity contribution is 0.0102. The molecule has 1 aromatic rings. The molecule has 0 aromatic heterocycles. The summed E-state index contributed by atoms with van der Waals surface area (Å²) in [7, 11) is -3.49. The van der Waals surface area contributed by atoms with E-state index in [1.54, 1.807) is 18.2 Å². The highest BCUT2D eigenvalue weighted by atomic mass is 79.9. The molecule has 0 radical (unpaired) electrons. The van der Waals surface area contributed by atoms with Crippen molar-refractivity contribution < 1.29 is 13.2 Å². The maximum atomic E-state index is 12.6. The van der Waals surface area contributed by atoms with Crippen LogP contribution in [0.5, 0.6) is 0 Å². The normalized spacial score (nSPS) is 21.5. The molecule has 1 saturated heterocycles. The maximum absolute atomic E-state index is 12.6. The van der Waals surface area contributed by atoms with Gasteiger partial charge in [0, 0.05) is 23.4 Å². The van der Waals surface area contributed by atoms with Crippen molar-refractivity contribution in [2.75, 3.05) is 19.7 Å². The summed E-state index contributed by atoms with van der Waals surface area (Å²) in [4.78, 5) is 0.274. The molecule has 0 amide bonds. The van der Waals surface area contributed by atoms with E-state index in [9.17, 15) is 8.42 Å². The summed E-state index contributed by atoms with van der Waals surface area (Å²) in [5.74, 6) is 0.355. The Labute approximate surface area is 126 Å². The number of hydrogen-bond donors (Lipinski definition) is 0. The van der Waals surface area contributed by atoms with Crippen LogP contribution in [0.15, 0.2) is 27.6 Å².